The van der Waals surface area contributed by atoms with Gasteiger partial charge in [-0.3, -0.25) is 10.1 Å². The number of methoxy groups -OCH3 is 1. The molecule has 0 fully saturated rings. The quantitative estimate of drug-likeness (QED) is 0.233. The highest BCUT2D eigenvalue weighted by atomic mass is 32.1. The summed E-state index contributed by atoms with van der Waals surface area (Å²) in [5.74, 6) is 1.53. The zero-order chi connectivity index (χ0) is 25.4. The summed E-state index contributed by atoms with van der Waals surface area (Å²) in [4.78, 5) is 12.6. The number of hydrogen-bond acceptors (Lipinski definition) is 8. The van der Waals surface area contributed by atoms with E-state index in [0.29, 0.717) is 35.4 Å². The SMILES string of the molecule is COc1cc(C=C(C#N)C(=O)Nc2nnc(C(C)C)s2)ccc1OCCOc1c(C)cccc1C. The molecule has 2 aromatic carbocycles. The molecular formula is C26H28N4O4S. The average Bonchev–Trinajstić information content (AvgIpc) is 3.31. The Morgan fingerprint density at radius 1 is 1.11 bits per heavy atom. The van der Waals surface area contributed by atoms with Crippen molar-refractivity contribution in [1.29, 1.82) is 5.26 Å². The van der Waals surface area contributed by atoms with Crippen molar-refractivity contribution in [2.24, 2.45) is 0 Å². The number of anilines is 1. The summed E-state index contributed by atoms with van der Waals surface area (Å²) in [5.41, 5.74) is 2.70. The van der Waals surface area contributed by atoms with E-state index in [-0.39, 0.29) is 11.5 Å². The fourth-order valence-electron chi connectivity index (χ4n) is 3.21. The number of carbonyl (C=O) groups excluding carboxylic acids is 1. The predicted molar refractivity (Wildman–Crippen MR) is 136 cm³/mol. The monoisotopic (exact) mass is 492 g/mol. The van der Waals surface area contributed by atoms with Gasteiger partial charge in [-0.05, 0) is 48.7 Å². The van der Waals surface area contributed by atoms with E-state index in [4.69, 9.17) is 14.2 Å². The average molecular weight is 493 g/mol. The molecule has 0 radical (unpaired) electrons. The van der Waals surface area contributed by atoms with Crippen molar-refractivity contribution in [3.63, 3.8) is 0 Å². The Hall–Kier alpha value is -3.90. The van der Waals surface area contributed by atoms with Crippen molar-refractivity contribution in [3.8, 4) is 23.3 Å². The Balaban J connectivity index is 1.64. The van der Waals surface area contributed by atoms with Gasteiger partial charge in [0.1, 0.15) is 35.6 Å². The minimum Gasteiger partial charge on any atom is -0.493 e. The molecule has 0 saturated heterocycles. The van der Waals surface area contributed by atoms with Gasteiger partial charge < -0.3 is 14.2 Å². The van der Waals surface area contributed by atoms with E-state index >= 15 is 0 Å². The van der Waals surface area contributed by atoms with Crippen LogP contribution >= 0.6 is 11.3 Å². The summed E-state index contributed by atoms with van der Waals surface area (Å²) in [7, 11) is 1.53. The molecule has 0 spiro atoms. The summed E-state index contributed by atoms with van der Waals surface area (Å²) in [6.45, 7) is 8.69. The number of carbonyl (C=O) groups is 1. The van der Waals surface area contributed by atoms with Gasteiger partial charge >= 0.3 is 0 Å². The third kappa shape index (κ3) is 6.80. The lowest BCUT2D eigenvalue weighted by Crippen LogP contribution is -2.13. The van der Waals surface area contributed by atoms with Crippen molar-refractivity contribution >= 4 is 28.5 Å². The van der Waals surface area contributed by atoms with E-state index in [1.807, 2.05) is 52.0 Å². The molecule has 8 nitrogen and oxygen atoms in total. The number of rotatable bonds is 10. The third-order valence-corrected chi connectivity index (χ3v) is 6.15. The first kappa shape index (κ1) is 25.7. The van der Waals surface area contributed by atoms with Crippen molar-refractivity contribution in [3.05, 3.63) is 63.7 Å². The van der Waals surface area contributed by atoms with Crippen LogP contribution in [0.15, 0.2) is 42.0 Å². The molecule has 9 heteroatoms. The van der Waals surface area contributed by atoms with Gasteiger partial charge in [0.2, 0.25) is 5.13 Å². The second-order valence-electron chi connectivity index (χ2n) is 8.05. The van der Waals surface area contributed by atoms with E-state index in [1.165, 1.54) is 24.5 Å². The van der Waals surface area contributed by atoms with Crippen molar-refractivity contribution < 1.29 is 19.0 Å². The summed E-state index contributed by atoms with van der Waals surface area (Å²) in [6, 6.07) is 13.1. The lowest BCUT2D eigenvalue weighted by molar-refractivity contribution is -0.112. The van der Waals surface area contributed by atoms with E-state index in [0.717, 1.165) is 21.9 Å². The van der Waals surface area contributed by atoms with E-state index in [2.05, 4.69) is 15.5 Å². The highest BCUT2D eigenvalue weighted by Crippen LogP contribution is 2.29. The zero-order valence-corrected chi connectivity index (χ0v) is 21.2. The number of benzene rings is 2. The number of para-hydroxylation sites is 1. The minimum absolute atomic E-state index is 0.0657. The number of ether oxygens (including phenoxy) is 3. The molecule has 0 saturated carbocycles. The first-order valence-electron chi connectivity index (χ1n) is 11.1. The summed E-state index contributed by atoms with van der Waals surface area (Å²) in [5, 5.41) is 21.3. The molecule has 182 valence electrons. The molecule has 0 aliphatic heterocycles. The summed E-state index contributed by atoms with van der Waals surface area (Å²) < 4.78 is 17.2. The molecule has 3 rings (SSSR count). The molecule has 35 heavy (non-hydrogen) atoms. The molecular weight excluding hydrogens is 464 g/mol. The van der Waals surface area contributed by atoms with E-state index in [9.17, 15) is 10.1 Å². The first-order chi connectivity index (χ1) is 16.8. The highest BCUT2D eigenvalue weighted by Gasteiger charge is 2.15. The Labute approximate surface area is 209 Å². The standard InChI is InChI=1S/C26H28N4O4S/c1-16(2)25-29-30-26(35-25)28-24(31)20(15-27)13-19-9-10-21(22(14-19)32-5)33-11-12-34-23-17(3)7-6-8-18(23)4/h6-10,13-14,16H,11-12H2,1-5H3,(H,28,30,31). The maximum atomic E-state index is 12.6. The second-order valence-corrected chi connectivity index (χ2v) is 9.06. The summed E-state index contributed by atoms with van der Waals surface area (Å²) in [6.07, 6.45) is 1.48. The highest BCUT2D eigenvalue weighted by molar-refractivity contribution is 7.15. The van der Waals surface area contributed by atoms with Gasteiger partial charge in [0.15, 0.2) is 11.5 Å². The topological polar surface area (TPSA) is 106 Å². The van der Waals surface area contributed by atoms with Crippen molar-refractivity contribution in [2.45, 2.75) is 33.6 Å². The second kappa shape index (κ2) is 12.0. The van der Waals surface area contributed by atoms with Gasteiger partial charge in [0.25, 0.3) is 5.91 Å². The smallest absolute Gasteiger partial charge is 0.268 e. The van der Waals surface area contributed by atoms with Gasteiger partial charge in [-0.15, -0.1) is 10.2 Å². The Kier molecular flexibility index (Phi) is 8.81. The molecule has 0 bridgehead atoms. The van der Waals surface area contributed by atoms with Gasteiger partial charge in [0.05, 0.1) is 7.11 Å². The fourth-order valence-corrected chi connectivity index (χ4v) is 3.95. The summed E-state index contributed by atoms with van der Waals surface area (Å²) >= 11 is 1.28. The fraction of sp³-hybridized carbons (Fsp3) is 0.308. The molecule has 3 aromatic rings. The predicted octanol–water partition coefficient (Wildman–Crippen LogP) is 5.29. The number of aromatic nitrogens is 2. The maximum Gasteiger partial charge on any atom is 0.268 e. The van der Waals surface area contributed by atoms with Crippen LogP contribution in [0, 0.1) is 25.2 Å². The normalized spacial score (nSPS) is 11.2. The van der Waals surface area contributed by atoms with E-state index in [1.54, 1.807) is 18.2 Å². The largest absolute Gasteiger partial charge is 0.493 e. The lowest BCUT2D eigenvalue weighted by atomic mass is 10.1. The van der Waals surface area contributed by atoms with Crippen LogP contribution in [0.1, 0.15) is 41.5 Å². The molecule has 0 atom stereocenters. The van der Waals surface area contributed by atoms with Crippen LogP contribution in [0.5, 0.6) is 17.2 Å². The van der Waals surface area contributed by atoms with Crippen LogP contribution < -0.4 is 19.5 Å². The van der Waals surface area contributed by atoms with Gasteiger partial charge in [0, 0.05) is 5.92 Å². The molecule has 1 amide bonds. The molecule has 1 heterocycles. The molecule has 1 N–H and O–H groups in total. The first-order valence-corrected chi connectivity index (χ1v) is 11.9. The number of aryl methyl sites for hydroxylation is 2. The Morgan fingerprint density at radius 2 is 1.83 bits per heavy atom. The van der Waals surface area contributed by atoms with Crippen LogP contribution in [0.4, 0.5) is 5.13 Å². The zero-order valence-electron chi connectivity index (χ0n) is 20.4. The van der Waals surface area contributed by atoms with Crippen LogP contribution in [-0.2, 0) is 4.79 Å². The Bertz CT molecular complexity index is 1240. The Morgan fingerprint density at radius 3 is 2.46 bits per heavy atom. The van der Waals surface area contributed by atoms with Crippen molar-refractivity contribution in [2.75, 3.05) is 25.6 Å². The molecule has 0 aliphatic rings. The molecule has 0 aliphatic carbocycles. The van der Waals surface area contributed by atoms with Gasteiger partial charge in [-0.1, -0.05) is 49.4 Å². The number of nitrogens with zero attached hydrogens (tertiary/aromatic N) is 3. The van der Waals surface area contributed by atoms with E-state index < -0.39 is 5.91 Å². The van der Waals surface area contributed by atoms with Crippen molar-refractivity contribution in [1.82, 2.24) is 10.2 Å². The van der Waals surface area contributed by atoms with Crippen LogP contribution in [0.3, 0.4) is 0 Å². The third-order valence-electron chi connectivity index (χ3n) is 5.01. The number of hydrogen-bond donors (Lipinski definition) is 1. The number of amides is 1. The van der Waals surface area contributed by atoms with Gasteiger partial charge in [-0.2, -0.15) is 5.26 Å². The number of nitriles is 1. The van der Waals surface area contributed by atoms with Gasteiger partial charge in [-0.25, -0.2) is 0 Å². The van der Waals surface area contributed by atoms with Crippen LogP contribution in [-0.4, -0.2) is 36.4 Å². The number of nitrogens with one attached hydrogen (secondary N) is 1. The lowest BCUT2D eigenvalue weighted by Gasteiger charge is -2.14. The molecule has 0 unspecified atom stereocenters. The van der Waals surface area contributed by atoms with Crippen LogP contribution in [0.2, 0.25) is 0 Å². The molecule has 1 aromatic heterocycles. The maximum absolute atomic E-state index is 12.6. The minimum atomic E-state index is -0.554. The van der Waals surface area contributed by atoms with Crippen LogP contribution in [0.25, 0.3) is 6.08 Å².